The second-order valence-electron chi connectivity index (χ2n) is 2.92. The molecule has 0 spiro atoms. The highest BCUT2D eigenvalue weighted by Gasteiger charge is 1.95. The van der Waals surface area contributed by atoms with Gasteiger partial charge in [0, 0.05) is 18.3 Å². The number of nitrogens with zero attached hydrogens (tertiary/aromatic N) is 1. The molecular formula is C9H16N2O. The Hall–Kier alpha value is -1.09. The van der Waals surface area contributed by atoms with E-state index in [0.29, 0.717) is 5.57 Å². The van der Waals surface area contributed by atoms with Crippen molar-refractivity contribution in [1.82, 2.24) is 10.2 Å². The van der Waals surface area contributed by atoms with Crippen LogP contribution in [0.4, 0.5) is 0 Å². The zero-order chi connectivity index (χ0) is 9.56. The average Bonchev–Trinajstić information content (AvgIpc) is 1.97. The van der Waals surface area contributed by atoms with Gasteiger partial charge in [0.25, 0.3) is 0 Å². The van der Waals surface area contributed by atoms with E-state index in [1.807, 2.05) is 25.1 Å². The lowest BCUT2D eigenvalue weighted by Crippen LogP contribution is -2.18. The first-order valence-electron chi connectivity index (χ1n) is 3.80. The van der Waals surface area contributed by atoms with Crippen LogP contribution in [0.2, 0.25) is 0 Å². The fourth-order valence-electron chi connectivity index (χ4n) is 0.521. The summed E-state index contributed by atoms with van der Waals surface area (Å²) in [5.41, 5.74) is 0.518. The Morgan fingerprint density at radius 2 is 2.17 bits per heavy atom. The van der Waals surface area contributed by atoms with Crippen molar-refractivity contribution in [2.75, 3.05) is 20.6 Å². The van der Waals surface area contributed by atoms with Crippen molar-refractivity contribution in [2.45, 2.75) is 6.92 Å². The third-order valence-electron chi connectivity index (χ3n) is 1.19. The Morgan fingerprint density at radius 1 is 1.58 bits per heavy atom. The van der Waals surface area contributed by atoms with Gasteiger partial charge in [0.2, 0.25) is 5.91 Å². The Bertz CT molecular complexity index is 195. The fourth-order valence-corrected chi connectivity index (χ4v) is 0.521. The van der Waals surface area contributed by atoms with E-state index >= 15 is 0 Å². The van der Waals surface area contributed by atoms with Crippen molar-refractivity contribution in [1.29, 1.82) is 0 Å². The standard InChI is InChI=1S/C9H16N2O/c1-8(2)9(12)10-6-5-7-11(3)4/h5-6H,1,7H2,2-4H3,(H,10,12). The van der Waals surface area contributed by atoms with E-state index in [1.54, 1.807) is 13.1 Å². The summed E-state index contributed by atoms with van der Waals surface area (Å²) in [5, 5.41) is 2.59. The van der Waals surface area contributed by atoms with Crippen LogP contribution in [-0.4, -0.2) is 31.4 Å². The second kappa shape index (κ2) is 5.55. The highest BCUT2D eigenvalue weighted by atomic mass is 16.1. The molecule has 0 fully saturated rings. The van der Waals surface area contributed by atoms with E-state index in [0.717, 1.165) is 6.54 Å². The third kappa shape index (κ3) is 5.68. The minimum atomic E-state index is -0.134. The summed E-state index contributed by atoms with van der Waals surface area (Å²) in [6, 6.07) is 0. The normalized spacial score (nSPS) is 10.7. The van der Waals surface area contributed by atoms with Crippen LogP contribution in [0.3, 0.4) is 0 Å². The smallest absolute Gasteiger partial charge is 0.250 e. The Labute approximate surface area is 73.8 Å². The molecule has 68 valence electrons. The topological polar surface area (TPSA) is 32.3 Å². The number of hydrogen-bond acceptors (Lipinski definition) is 2. The minimum absolute atomic E-state index is 0.134. The van der Waals surface area contributed by atoms with Gasteiger partial charge in [-0.05, 0) is 21.0 Å². The van der Waals surface area contributed by atoms with Gasteiger partial charge >= 0.3 is 0 Å². The van der Waals surface area contributed by atoms with Gasteiger partial charge in [-0.15, -0.1) is 0 Å². The van der Waals surface area contributed by atoms with E-state index < -0.39 is 0 Å². The van der Waals surface area contributed by atoms with Crippen molar-refractivity contribution >= 4 is 5.91 Å². The molecule has 0 aromatic rings. The maximum atomic E-state index is 10.9. The van der Waals surface area contributed by atoms with Crippen LogP contribution >= 0.6 is 0 Å². The fraction of sp³-hybridized carbons (Fsp3) is 0.444. The number of carbonyl (C=O) groups is 1. The Morgan fingerprint density at radius 3 is 2.58 bits per heavy atom. The van der Waals surface area contributed by atoms with Crippen LogP contribution in [0, 0.1) is 0 Å². The van der Waals surface area contributed by atoms with Gasteiger partial charge in [-0.3, -0.25) is 4.79 Å². The van der Waals surface area contributed by atoms with Crippen LogP contribution in [0.25, 0.3) is 0 Å². The molecule has 0 aromatic heterocycles. The van der Waals surface area contributed by atoms with E-state index in [1.165, 1.54) is 0 Å². The molecule has 0 aliphatic heterocycles. The molecule has 0 bridgehead atoms. The summed E-state index contributed by atoms with van der Waals surface area (Å²) in [6.45, 7) is 6.00. The summed E-state index contributed by atoms with van der Waals surface area (Å²) in [4.78, 5) is 12.9. The van der Waals surface area contributed by atoms with Crippen molar-refractivity contribution in [3.8, 4) is 0 Å². The van der Waals surface area contributed by atoms with Crippen LogP contribution in [0.5, 0.6) is 0 Å². The number of likely N-dealkylation sites (N-methyl/N-ethyl adjacent to an activating group) is 1. The van der Waals surface area contributed by atoms with Gasteiger partial charge in [-0.1, -0.05) is 12.7 Å². The van der Waals surface area contributed by atoms with Crippen LogP contribution in [-0.2, 0) is 4.79 Å². The van der Waals surface area contributed by atoms with E-state index in [-0.39, 0.29) is 5.91 Å². The predicted octanol–water partition coefficient (Wildman–Crippen LogP) is 0.754. The van der Waals surface area contributed by atoms with Gasteiger partial charge in [-0.2, -0.15) is 0 Å². The van der Waals surface area contributed by atoms with Crippen molar-refractivity contribution in [2.24, 2.45) is 0 Å². The molecular weight excluding hydrogens is 152 g/mol. The molecule has 0 unspecified atom stereocenters. The SMILES string of the molecule is C=C(C)C(=O)NC=CCN(C)C. The number of hydrogen-bond donors (Lipinski definition) is 1. The van der Waals surface area contributed by atoms with E-state index in [9.17, 15) is 4.79 Å². The maximum absolute atomic E-state index is 10.9. The lowest BCUT2D eigenvalue weighted by atomic mass is 10.3. The molecule has 0 radical (unpaired) electrons. The van der Waals surface area contributed by atoms with Gasteiger partial charge in [0.1, 0.15) is 0 Å². The Balaban J connectivity index is 3.61. The zero-order valence-electron chi connectivity index (χ0n) is 7.92. The number of rotatable bonds is 4. The summed E-state index contributed by atoms with van der Waals surface area (Å²) in [7, 11) is 3.93. The first-order chi connectivity index (χ1) is 5.54. The Kier molecular flexibility index (Phi) is 5.04. The molecule has 0 saturated carbocycles. The zero-order valence-corrected chi connectivity index (χ0v) is 7.92. The van der Waals surface area contributed by atoms with Crippen molar-refractivity contribution in [3.05, 3.63) is 24.4 Å². The first kappa shape index (κ1) is 10.9. The molecule has 12 heavy (non-hydrogen) atoms. The molecule has 0 saturated heterocycles. The molecule has 0 rings (SSSR count). The lowest BCUT2D eigenvalue weighted by Gasteiger charge is -2.03. The van der Waals surface area contributed by atoms with Crippen molar-refractivity contribution in [3.63, 3.8) is 0 Å². The molecule has 1 N–H and O–H groups in total. The molecule has 0 aliphatic carbocycles. The molecule has 0 aromatic carbocycles. The molecule has 0 atom stereocenters. The van der Waals surface area contributed by atoms with E-state index in [4.69, 9.17) is 0 Å². The summed E-state index contributed by atoms with van der Waals surface area (Å²) in [5.74, 6) is -0.134. The maximum Gasteiger partial charge on any atom is 0.250 e. The van der Waals surface area contributed by atoms with Gasteiger partial charge in [0.05, 0.1) is 0 Å². The predicted molar refractivity (Wildman–Crippen MR) is 50.7 cm³/mol. The number of amides is 1. The molecule has 3 heteroatoms. The lowest BCUT2D eigenvalue weighted by molar-refractivity contribution is -0.116. The highest BCUT2D eigenvalue weighted by Crippen LogP contribution is 1.85. The highest BCUT2D eigenvalue weighted by molar-refractivity contribution is 5.92. The molecule has 0 heterocycles. The number of nitrogens with one attached hydrogen (secondary N) is 1. The summed E-state index contributed by atoms with van der Waals surface area (Å²) < 4.78 is 0. The average molecular weight is 168 g/mol. The largest absolute Gasteiger partial charge is 0.329 e. The van der Waals surface area contributed by atoms with Gasteiger partial charge < -0.3 is 10.2 Å². The second-order valence-corrected chi connectivity index (χ2v) is 2.92. The van der Waals surface area contributed by atoms with Gasteiger partial charge in [0.15, 0.2) is 0 Å². The van der Waals surface area contributed by atoms with Crippen LogP contribution < -0.4 is 5.32 Å². The monoisotopic (exact) mass is 168 g/mol. The molecule has 3 nitrogen and oxygen atoms in total. The van der Waals surface area contributed by atoms with E-state index in [2.05, 4.69) is 11.9 Å². The van der Waals surface area contributed by atoms with Crippen molar-refractivity contribution < 1.29 is 4.79 Å². The summed E-state index contributed by atoms with van der Waals surface area (Å²) >= 11 is 0. The van der Waals surface area contributed by atoms with Gasteiger partial charge in [-0.25, -0.2) is 0 Å². The first-order valence-corrected chi connectivity index (χ1v) is 3.80. The summed E-state index contributed by atoms with van der Waals surface area (Å²) in [6.07, 6.45) is 3.51. The van der Waals surface area contributed by atoms with Crippen LogP contribution in [0.15, 0.2) is 24.4 Å². The quantitative estimate of drug-likeness (QED) is 0.628. The molecule has 0 aliphatic rings. The minimum Gasteiger partial charge on any atom is -0.329 e. The third-order valence-corrected chi connectivity index (χ3v) is 1.19. The number of carbonyl (C=O) groups excluding carboxylic acids is 1. The molecule has 1 amide bonds. The van der Waals surface area contributed by atoms with Crippen LogP contribution in [0.1, 0.15) is 6.92 Å².